The van der Waals surface area contributed by atoms with Gasteiger partial charge in [0.05, 0.1) is 11.6 Å². The van der Waals surface area contributed by atoms with Crippen LogP contribution in [-0.2, 0) is 16.1 Å². The van der Waals surface area contributed by atoms with Gasteiger partial charge in [0.2, 0.25) is 11.8 Å². The van der Waals surface area contributed by atoms with Crippen LogP contribution in [0, 0.1) is 17.2 Å². The number of carbonyl (C=O) groups excluding carboxylic acids is 2. The highest BCUT2D eigenvalue weighted by Crippen LogP contribution is 2.31. The molecule has 6 nitrogen and oxygen atoms in total. The molecule has 0 aliphatic heterocycles. The normalized spacial score (nSPS) is 11.8. The minimum Gasteiger partial charge on any atom is -0.341 e. The van der Waals surface area contributed by atoms with Crippen molar-refractivity contribution < 1.29 is 9.59 Å². The summed E-state index contributed by atoms with van der Waals surface area (Å²) in [4.78, 5) is 24.9. The zero-order valence-corrected chi connectivity index (χ0v) is 18.8. The number of para-hydroxylation sites is 1. The standard InChI is InChI=1S/C27H26N4O2/c1-3-31-24-7-5-4-6-22(24)23-16-21(12-13-25(23)31)30-27(33)15-18(2)14-26(32)29-20-10-8-19(17-28)9-11-20/h4-13,16,18H,3,14-15H2,1-2H3,(H,29,32)(H,30,33)/t18-/m1/s1. The molecule has 1 heterocycles. The van der Waals surface area contributed by atoms with Crippen LogP contribution in [0.15, 0.2) is 66.7 Å². The van der Waals surface area contributed by atoms with Crippen molar-refractivity contribution in [2.75, 3.05) is 10.6 Å². The number of nitrogens with one attached hydrogen (secondary N) is 2. The molecule has 0 spiro atoms. The maximum atomic E-state index is 12.6. The Morgan fingerprint density at radius 2 is 1.48 bits per heavy atom. The number of aryl methyl sites for hydroxylation is 1. The van der Waals surface area contributed by atoms with Crippen LogP contribution in [0.2, 0.25) is 0 Å². The number of amides is 2. The van der Waals surface area contributed by atoms with E-state index in [2.05, 4.69) is 34.3 Å². The highest BCUT2D eigenvalue weighted by Gasteiger charge is 2.15. The van der Waals surface area contributed by atoms with Gasteiger partial charge in [0.1, 0.15) is 0 Å². The van der Waals surface area contributed by atoms with E-state index < -0.39 is 0 Å². The molecule has 166 valence electrons. The molecule has 6 heteroatoms. The summed E-state index contributed by atoms with van der Waals surface area (Å²) in [6.07, 6.45) is 0.478. The van der Waals surface area contributed by atoms with E-state index in [1.807, 2.05) is 43.3 Å². The molecule has 0 saturated carbocycles. The number of hydrogen-bond acceptors (Lipinski definition) is 3. The van der Waals surface area contributed by atoms with Crippen molar-refractivity contribution >= 4 is 45.0 Å². The van der Waals surface area contributed by atoms with Gasteiger partial charge >= 0.3 is 0 Å². The molecule has 0 fully saturated rings. The van der Waals surface area contributed by atoms with E-state index in [0.29, 0.717) is 11.3 Å². The van der Waals surface area contributed by atoms with Crippen molar-refractivity contribution in [1.82, 2.24) is 4.57 Å². The molecular weight excluding hydrogens is 412 g/mol. The molecule has 0 unspecified atom stereocenters. The summed E-state index contributed by atoms with van der Waals surface area (Å²) < 4.78 is 2.27. The lowest BCUT2D eigenvalue weighted by Crippen LogP contribution is -2.20. The first kappa shape index (κ1) is 22.1. The number of aromatic nitrogens is 1. The molecule has 0 aliphatic carbocycles. The average Bonchev–Trinajstić information content (AvgIpc) is 3.12. The first-order valence-corrected chi connectivity index (χ1v) is 11.1. The molecule has 0 bridgehead atoms. The van der Waals surface area contributed by atoms with E-state index in [0.717, 1.165) is 23.1 Å². The Balaban J connectivity index is 1.38. The number of carbonyl (C=O) groups is 2. The first-order valence-electron chi connectivity index (χ1n) is 11.1. The molecule has 3 aromatic carbocycles. The van der Waals surface area contributed by atoms with Crippen molar-refractivity contribution in [2.45, 2.75) is 33.2 Å². The first-order chi connectivity index (χ1) is 16.0. The summed E-state index contributed by atoms with van der Waals surface area (Å²) in [6, 6.07) is 23.0. The van der Waals surface area contributed by atoms with Gasteiger partial charge in [-0.3, -0.25) is 9.59 Å². The van der Waals surface area contributed by atoms with Crippen LogP contribution in [0.25, 0.3) is 21.8 Å². The van der Waals surface area contributed by atoms with Crippen molar-refractivity contribution in [3.05, 3.63) is 72.3 Å². The predicted octanol–water partition coefficient (Wildman–Crippen LogP) is 5.68. The minimum absolute atomic E-state index is 0.117. The van der Waals surface area contributed by atoms with Gasteiger partial charge in [-0.1, -0.05) is 25.1 Å². The fourth-order valence-corrected chi connectivity index (χ4v) is 4.23. The average molecular weight is 439 g/mol. The molecule has 4 rings (SSSR count). The Morgan fingerprint density at radius 1 is 0.879 bits per heavy atom. The summed E-state index contributed by atoms with van der Waals surface area (Å²) >= 11 is 0. The molecule has 1 aromatic heterocycles. The Kier molecular flexibility index (Phi) is 6.41. The van der Waals surface area contributed by atoms with Crippen LogP contribution in [-0.4, -0.2) is 16.4 Å². The predicted molar refractivity (Wildman–Crippen MR) is 132 cm³/mol. The summed E-state index contributed by atoms with van der Waals surface area (Å²) in [6.45, 7) is 4.88. The van der Waals surface area contributed by atoms with E-state index >= 15 is 0 Å². The van der Waals surface area contributed by atoms with Gasteiger partial charge in [-0.05, 0) is 61.4 Å². The second-order valence-electron chi connectivity index (χ2n) is 8.29. The largest absolute Gasteiger partial charge is 0.341 e. The summed E-state index contributed by atoms with van der Waals surface area (Å²) in [5.74, 6) is -0.393. The van der Waals surface area contributed by atoms with E-state index in [-0.39, 0.29) is 30.6 Å². The second-order valence-corrected chi connectivity index (χ2v) is 8.29. The molecule has 0 aliphatic rings. The van der Waals surface area contributed by atoms with Crippen LogP contribution < -0.4 is 10.6 Å². The zero-order chi connectivity index (χ0) is 23.4. The Morgan fingerprint density at radius 3 is 2.15 bits per heavy atom. The van der Waals surface area contributed by atoms with Crippen molar-refractivity contribution in [3.63, 3.8) is 0 Å². The van der Waals surface area contributed by atoms with Gasteiger partial charge in [-0.25, -0.2) is 0 Å². The lowest BCUT2D eigenvalue weighted by atomic mass is 10.0. The smallest absolute Gasteiger partial charge is 0.224 e. The van der Waals surface area contributed by atoms with Crippen molar-refractivity contribution in [3.8, 4) is 6.07 Å². The van der Waals surface area contributed by atoms with Crippen molar-refractivity contribution in [2.24, 2.45) is 5.92 Å². The molecule has 0 saturated heterocycles. The lowest BCUT2D eigenvalue weighted by Gasteiger charge is -2.12. The van der Waals surface area contributed by atoms with Gasteiger partial charge in [0.15, 0.2) is 0 Å². The van der Waals surface area contributed by atoms with Gasteiger partial charge in [0.25, 0.3) is 0 Å². The second kappa shape index (κ2) is 9.58. The van der Waals surface area contributed by atoms with E-state index in [1.165, 1.54) is 10.9 Å². The molecule has 33 heavy (non-hydrogen) atoms. The van der Waals surface area contributed by atoms with Crippen LogP contribution >= 0.6 is 0 Å². The Bertz CT molecular complexity index is 1360. The fourth-order valence-electron chi connectivity index (χ4n) is 4.23. The SMILES string of the molecule is CCn1c2ccccc2c2cc(NC(=O)C[C@H](C)CC(=O)Nc3ccc(C#N)cc3)ccc21. The fraction of sp³-hybridized carbons (Fsp3) is 0.222. The van der Waals surface area contributed by atoms with Crippen LogP contribution in [0.5, 0.6) is 0 Å². The van der Waals surface area contributed by atoms with Crippen LogP contribution in [0.4, 0.5) is 11.4 Å². The number of nitriles is 1. The summed E-state index contributed by atoms with van der Waals surface area (Å²) in [5, 5.41) is 16.9. The number of nitrogens with zero attached hydrogens (tertiary/aromatic N) is 2. The molecule has 2 amide bonds. The third-order valence-electron chi connectivity index (χ3n) is 5.74. The number of anilines is 2. The van der Waals surface area contributed by atoms with Crippen molar-refractivity contribution in [1.29, 1.82) is 5.26 Å². The summed E-state index contributed by atoms with van der Waals surface area (Å²) in [7, 11) is 0. The van der Waals surface area contributed by atoms with Crippen LogP contribution in [0.3, 0.4) is 0 Å². The van der Waals surface area contributed by atoms with Gasteiger partial charge in [-0.2, -0.15) is 5.26 Å². The third-order valence-corrected chi connectivity index (χ3v) is 5.74. The number of benzene rings is 3. The highest BCUT2D eigenvalue weighted by molar-refractivity contribution is 6.09. The molecule has 4 aromatic rings. The molecule has 0 radical (unpaired) electrons. The minimum atomic E-state index is -0.159. The number of fused-ring (bicyclic) bond motifs is 3. The van der Waals surface area contributed by atoms with E-state index in [1.54, 1.807) is 24.3 Å². The molecule has 1 atom stereocenters. The monoisotopic (exact) mass is 438 g/mol. The number of rotatable bonds is 7. The quantitative estimate of drug-likeness (QED) is 0.389. The van der Waals surface area contributed by atoms with Gasteiger partial charge < -0.3 is 15.2 Å². The maximum absolute atomic E-state index is 12.6. The lowest BCUT2D eigenvalue weighted by molar-refractivity contribution is -0.118. The molecule has 2 N–H and O–H groups in total. The van der Waals surface area contributed by atoms with Gasteiger partial charge in [0, 0.05) is 52.6 Å². The summed E-state index contributed by atoms with van der Waals surface area (Å²) in [5.41, 5.74) is 4.25. The zero-order valence-electron chi connectivity index (χ0n) is 18.8. The third kappa shape index (κ3) is 4.88. The highest BCUT2D eigenvalue weighted by atomic mass is 16.2. The Labute approximate surface area is 192 Å². The van der Waals surface area contributed by atoms with E-state index in [4.69, 9.17) is 5.26 Å². The number of hydrogen-bond donors (Lipinski definition) is 2. The molecular formula is C27H26N4O2. The van der Waals surface area contributed by atoms with Gasteiger partial charge in [-0.15, -0.1) is 0 Å². The Hall–Kier alpha value is -4.11. The topological polar surface area (TPSA) is 86.9 Å². The maximum Gasteiger partial charge on any atom is 0.224 e. The van der Waals surface area contributed by atoms with Crippen LogP contribution in [0.1, 0.15) is 32.3 Å². The van der Waals surface area contributed by atoms with E-state index in [9.17, 15) is 9.59 Å².